The van der Waals surface area contributed by atoms with Crippen LogP contribution in [0.15, 0.2) is 53.1 Å². The third kappa shape index (κ3) is 5.48. The molecule has 8 heteroatoms. The Balaban J connectivity index is 1.57. The lowest BCUT2D eigenvalue weighted by Crippen LogP contribution is -2.34. The van der Waals surface area contributed by atoms with Crippen LogP contribution in [0, 0.1) is 0 Å². The van der Waals surface area contributed by atoms with E-state index >= 15 is 0 Å². The van der Waals surface area contributed by atoms with Crippen molar-refractivity contribution in [2.45, 2.75) is 32.1 Å². The first kappa shape index (κ1) is 24.8. The number of halogens is 2. The van der Waals surface area contributed by atoms with E-state index < -0.39 is 5.41 Å². The number of anilines is 1. The van der Waals surface area contributed by atoms with Crippen LogP contribution in [-0.4, -0.2) is 46.8 Å². The number of hydrogen-bond donors (Lipinski definition) is 1. The Labute approximate surface area is 214 Å². The molecule has 1 N–H and O–H groups in total. The highest BCUT2D eigenvalue weighted by molar-refractivity contribution is 9.10. The van der Waals surface area contributed by atoms with E-state index in [1.54, 1.807) is 23.0 Å². The molecule has 0 radical (unpaired) electrons. The SMILES string of the molecule is Cn1ncc(Br)c1-c1cc(NC(=O)C(C)(C)c2ccc(Cl)cc2)ccc1OCCN1CCCC1. The molecule has 2 heterocycles. The second kappa shape index (κ2) is 10.5. The molecule has 2 aromatic carbocycles. The number of nitrogens with zero attached hydrogens (tertiary/aromatic N) is 3. The van der Waals surface area contributed by atoms with Gasteiger partial charge in [0.2, 0.25) is 5.91 Å². The van der Waals surface area contributed by atoms with E-state index in [0.29, 0.717) is 17.3 Å². The van der Waals surface area contributed by atoms with Gasteiger partial charge < -0.3 is 10.1 Å². The molecule has 180 valence electrons. The number of aryl methyl sites for hydroxylation is 1. The highest BCUT2D eigenvalue weighted by Gasteiger charge is 2.30. The van der Waals surface area contributed by atoms with Crippen molar-refractivity contribution in [1.82, 2.24) is 14.7 Å². The molecular weight excluding hydrogens is 516 g/mol. The Morgan fingerprint density at radius 2 is 1.88 bits per heavy atom. The van der Waals surface area contributed by atoms with E-state index in [4.69, 9.17) is 16.3 Å². The zero-order valence-corrected chi connectivity index (χ0v) is 22.1. The van der Waals surface area contributed by atoms with Gasteiger partial charge in [-0.3, -0.25) is 14.4 Å². The van der Waals surface area contributed by atoms with Gasteiger partial charge in [-0.15, -0.1) is 0 Å². The molecule has 1 fully saturated rings. The molecule has 3 aromatic rings. The first-order valence-electron chi connectivity index (χ1n) is 11.5. The summed E-state index contributed by atoms with van der Waals surface area (Å²) in [5.74, 6) is 0.658. The van der Waals surface area contributed by atoms with Crippen LogP contribution < -0.4 is 10.1 Å². The number of benzene rings is 2. The maximum atomic E-state index is 13.2. The lowest BCUT2D eigenvalue weighted by molar-refractivity contribution is -0.120. The molecule has 1 saturated heterocycles. The molecule has 6 nitrogen and oxygen atoms in total. The van der Waals surface area contributed by atoms with Gasteiger partial charge in [0.05, 0.1) is 21.8 Å². The van der Waals surface area contributed by atoms with Gasteiger partial charge in [-0.1, -0.05) is 23.7 Å². The van der Waals surface area contributed by atoms with Crippen molar-refractivity contribution >= 4 is 39.1 Å². The third-order valence-corrected chi connectivity index (χ3v) is 7.22. The van der Waals surface area contributed by atoms with Crippen molar-refractivity contribution in [3.8, 4) is 17.0 Å². The molecular formula is C26H30BrClN4O2. The number of ether oxygens (including phenoxy) is 1. The zero-order valence-electron chi connectivity index (χ0n) is 19.8. The Bertz CT molecular complexity index is 1130. The van der Waals surface area contributed by atoms with Crippen molar-refractivity contribution < 1.29 is 9.53 Å². The Kier molecular flexibility index (Phi) is 7.65. The number of hydrogen-bond acceptors (Lipinski definition) is 4. The molecule has 34 heavy (non-hydrogen) atoms. The minimum Gasteiger partial charge on any atom is -0.492 e. The quantitative estimate of drug-likeness (QED) is 0.383. The largest absolute Gasteiger partial charge is 0.492 e. The second-order valence-electron chi connectivity index (χ2n) is 9.16. The molecule has 0 bridgehead atoms. The number of carbonyl (C=O) groups excluding carboxylic acids is 1. The summed E-state index contributed by atoms with van der Waals surface area (Å²) in [6.07, 6.45) is 4.28. The third-order valence-electron chi connectivity index (χ3n) is 6.38. The molecule has 1 aliphatic heterocycles. The Morgan fingerprint density at radius 3 is 2.53 bits per heavy atom. The Hall–Kier alpha value is -2.35. The Morgan fingerprint density at radius 1 is 1.18 bits per heavy atom. The van der Waals surface area contributed by atoms with Crippen molar-refractivity contribution in [2.24, 2.45) is 7.05 Å². The van der Waals surface area contributed by atoms with Gasteiger partial charge in [0.1, 0.15) is 12.4 Å². The van der Waals surface area contributed by atoms with Gasteiger partial charge in [-0.2, -0.15) is 5.10 Å². The van der Waals surface area contributed by atoms with Gasteiger partial charge in [0, 0.05) is 29.9 Å². The number of likely N-dealkylation sites (tertiary alicyclic amines) is 1. The number of nitrogens with one attached hydrogen (secondary N) is 1. The van der Waals surface area contributed by atoms with Crippen LogP contribution in [-0.2, 0) is 17.3 Å². The summed E-state index contributed by atoms with van der Waals surface area (Å²) in [5, 5.41) is 8.09. The summed E-state index contributed by atoms with van der Waals surface area (Å²) in [6.45, 7) is 7.59. The van der Waals surface area contributed by atoms with Crippen LogP contribution in [0.5, 0.6) is 5.75 Å². The molecule has 0 unspecified atom stereocenters. The van der Waals surface area contributed by atoms with Crippen molar-refractivity contribution in [1.29, 1.82) is 0 Å². The fraction of sp³-hybridized carbons (Fsp3) is 0.385. The fourth-order valence-electron chi connectivity index (χ4n) is 4.21. The fourth-order valence-corrected chi connectivity index (χ4v) is 4.90. The normalized spacial score (nSPS) is 14.4. The van der Waals surface area contributed by atoms with Gasteiger partial charge in [-0.05, 0) is 91.6 Å². The lowest BCUT2D eigenvalue weighted by Gasteiger charge is -2.25. The van der Waals surface area contributed by atoms with Gasteiger partial charge in [-0.25, -0.2) is 0 Å². The molecule has 4 rings (SSSR count). The van der Waals surface area contributed by atoms with E-state index in [9.17, 15) is 4.79 Å². The average molecular weight is 546 g/mol. The van der Waals surface area contributed by atoms with E-state index in [-0.39, 0.29) is 5.91 Å². The molecule has 1 aromatic heterocycles. The van der Waals surface area contributed by atoms with Crippen LogP contribution in [0.3, 0.4) is 0 Å². The number of rotatable bonds is 8. The lowest BCUT2D eigenvalue weighted by atomic mass is 9.83. The smallest absolute Gasteiger partial charge is 0.234 e. The monoisotopic (exact) mass is 544 g/mol. The molecule has 0 aliphatic carbocycles. The highest BCUT2D eigenvalue weighted by atomic mass is 79.9. The molecule has 0 saturated carbocycles. The maximum absolute atomic E-state index is 13.2. The predicted octanol–water partition coefficient (Wildman–Crippen LogP) is 5.89. The summed E-state index contributed by atoms with van der Waals surface area (Å²) >= 11 is 9.63. The van der Waals surface area contributed by atoms with Crippen molar-refractivity contribution in [2.75, 3.05) is 31.6 Å². The summed E-state index contributed by atoms with van der Waals surface area (Å²) < 4.78 is 8.88. The summed E-state index contributed by atoms with van der Waals surface area (Å²) in [6, 6.07) is 13.1. The molecule has 1 aliphatic rings. The topological polar surface area (TPSA) is 59.4 Å². The average Bonchev–Trinajstić information content (AvgIpc) is 3.44. The second-order valence-corrected chi connectivity index (χ2v) is 10.4. The number of aromatic nitrogens is 2. The summed E-state index contributed by atoms with van der Waals surface area (Å²) in [7, 11) is 1.89. The van der Waals surface area contributed by atoms with Gasteiger partial charge >= 0.3 is 0 Å². The number of amides is 1. The first-order valence-corrected chi connectivity index (χ1v) is 12.7. The van der Waals surface area contributed by atoms with E-state index in [1.165, 1.54) is 12.8 Å². The minimum atomic E-state index is -0.733. The van der Waals surface area contributed by atoms with Gasteiger partial charge in [0.25, 0.3) is 0 Å². The number of carbonyl (C=O) groups is 1. The van der Waals surface area contributed by atoms with Crippen molar-refractivity contribution in [3.63, 3.8) is 0 Å². The minimum absolute atomic E-state index is 0.104. The van der Waals surface area contributed by atoms with E-state index in [2.05, 4.69) is 31.2 Å². The van der Waals surface area contributed by atoms with Crippen LogP contribution in [0.4, 0.5) is 5.69 Å². The van der Waals surface area contributed by atoms with Crippen molar-refractivity contribution in [3.05, 3.63) is 63.7 Å². The standard InChI is InChI=1S/C26H30BrClN4O2/c1-26(2,18-6-8-19(28)9-7-18)25(33)30-20-10-11-23(34-15-14-32-12-4-5-13-32)21(16-20)24-22(27)17-29-31(24)3/h6-11,16-17H,4-5,12-15H2,1-3H3,(H,30,33). The highest BCUT2D eigenvalue weighted by Crippen LogP contribution is 2.37. The molecule has 1 amide bonds. The van der Waals surface area contributed by atoms with Crippen LogP contribution >= 0.6 is 27.5 Å². The maximum Gasteiger partial charge on any atom is 0.234 e. The van der Waals surface area contributed by atoms with E-state index in [0.717, 1.165) is 46.7 Å². The van der Waals surface area contributed by atoms with E-state index in [1.807, 2.05) is 51.2 Å². The summed E-state index contributed by atoms with van der Waals surface area (Å²) in [4.78, 5) is 15.7. The molecule has 0 spiro atoms. The van der Waals surface area contributed by atoms with Crippen LogP contribution in [0.1, 0.15) is 32.3 Å². The zero-order chi connectivity index (χ0) is 24.3. The van der Waals surface area contributed by atoms with Crippen LogP contribution in [0.2, 0.25) is 5.02 Å². The first-order chi connectivity index (χ1) is 16.3. The summed E-state index contributed by atoms with van der Waals surface area (Å²) in [5.41, 5.74) is 2.62. The van der Waals surface area contributed by atoms with Crippen LogP contribution in [0.25, 0.3) is 11.3 Å². The predicted molar refractivity (Wildman–Crippen MR) is 141 cm³/mol. The molecule has 0 atom stereocenters. The van der Waals surface area contributed by atoms with Gasteiger partial charge in [0.15, 0.2) is 0 Å².